The highest BCUT2D eigenvalue weighted by atomic mass is 28.4. The van der Waals surface area contributed by atoms with E-state index in [0.717, 1.165) is 42.5 Å². The second-order valence-corrected chi connectivity index (χ2v) is 16.4. The first kappa shape index (κ1) is 22.6. The predicted octanol–water partition coefficient (Wildman–Crippen LogP) is 6.89. The summed E-state index contributed by atoms with van der Waals surface area (Å²) in [6.45, 7) is 14.1. The van der Waals surface area contributed by atoms with Gasteiger partial charge in [-0.3, -0.25) is 0 Å². The van der Waals surface area contributed by atoms with Crippen LogP contribution in [0.2, 0.25) is 18.1 Å². The maximum absolute atomic E-state index is 6.84. The zero-order valence-electron chi connectivity index (χ0n) is 20.9. The third-order valence-corrected chi connectivity index (χ3v) is 12.9. The Hall–Kier alpha value is -2.18. The smallest absolute Gasteiger partial charge is 0.192 e. The van der Waals surface area contributed by atoms with Crippen molar-refractivity contribution in [1.29, 1.82) is 0 Å². The van der Waals surface area contributed by atoms with Crippen molar-refractivity contribution >= 4 is 25.2 Å². The minimum atomic E-state index is -1.78. The van der Waals surface area contributed by atoms with E-state index in [1.807, 2.05) is 0 Å². The summed E-state index contributed by atoms with van der Waals surface area (Å²) in [5.74, 6) is 1.50. The zero-order chi connectivity index (χ0) is 23.4. The highest BCUT2D eigenvalue weighted by Gasteiger charge is 2.43. The van der Waals surface area contributed by atoms with Gasteiger partial charge in [0.15, 0.2) is 8.32 Å². The van der Waals surface area contributed by atoms with Crippen molar-refractivity contribution in [3.8, 4) is 0 Å². The van der Waals surface area contributed by atoms with Crippen LogP contribution in [0, 0.1) is 5.92 Å². The van der Waals surface area contributed by atoms with Gasteiger partial charge in [0.2, 0.25) is 0 Å². The van der Waals surface area contributed by atoms with Gasteiger partial charge in [0, 0.05) is 18.3 Å². The van der Waals surface area contributed by atoms with Gasteiger partial charge >= 0.3 is 0 Å². The average Bonchev–Trinajstić information content (AvgIpc) is 3.45. The molecule has 0 spiro atoms. The van der Waals surface area contributed by atoms with Gasteiger partial charge in [-0.15, -0.1) is 0 Å². The van der Waals surface area contributed by atoms with Crippen molar-refractivity contribution in [3.63, 3.8) is 0 Å². The maximum Gasteiger partial charge on any atom is 0.192 e. The van der Waals surface area contributed by atoms with Gasteiger partial charge in [-0.2, -0.15) is 0 Å². The summed E-state index contributed by atoms with van der Waals surface area (Å²) in [6, 6.07) is 11.7. The molecule has 1 saturated carbocycles. The molecule has 1 fully saturated rings. The minimum Gasteiger partial charge on any atom is -0.414 e. The van der Waals surface area contributed by atoms with Crippen LogP contribution in [0.15, 0.2) is 42.9 Å². The van der Waals surface area contributed by atoms with Crippen LogP contribution >= 0.6 is 0 Å². The first-order valence-corrected chi connectivity index (χ1v) is 15.4. The molecule has 0 bridgehead atoms. The van der Waals surface area contributed by atoms with Crippen LogP contribution in [0.4, 0.5) is 5.82 Å². The van der Waals surface area contributed by atoms with Gasteiger partial charge in [-0.05, 0) is 66.9 Å². The lowest BCUT2D eigenvalue weighted by molar-refractivity contribution is 0.147. The highest BCUT2D eigenvalue weighted by Crippen LogP contribution is 2.44. The SMILES string of the molecule is C[C@H]1C[C@@H](n2ccc3c(N[C@H]4CCc5ccccc54)ncnc32)C[C@H]1O[Si](C)(C)C(C)(C)C. The third-order valence-electron chi connectivity index (χ3n) is 8.38. The number of nitrogens with one attached hydrogen (secondary N) is 1. The maximum atomic E-state index is 6.84. The summed E-state index contributed by atoms with van der Waals surface area (Å²) in [4.78, 5) is 9.34. The molecule has 2 aliphatic carbocycles. The Kier molecular flexibility index (Phi) is 5.64. The van der Waals surface area contributed by atoms with E-state index in [1.54, 1.807) is 6.33 Å². The molecule has 0 aliphatic heterocycles. The van der Waals surface area contributed by atoms with Crippen molar-refractivity contribution in [1.82, 2.24) is 14.5 Å². The van der Waals surface area contributed by atoms with E-state index in [4.69, 9.17) is 9.41 Å². The van der Waals surface area contributed by atoms with Crippen molar-refractivity contribution in [2.24, 2.45) is 5.92 Å². The lowest BCUT2D eigenvalue weighted by Gasteiger charge is -2.39. The third kappa shape index (κ3) is 4.12. The normalized spacial score (nSPS) is 25.5. The first-order chi connectivity index (χ1) is 15.6. The number of aromatic nitrogens is 3. The number of anilines is 1. The fourth-order valence-electron chi connectivity index (χ4n) is 5.38. The van der Waals surface area contributed by atoms with E-state index in [1.165, 1.54) is 11.1 Å². The summed E-state index contributed by atoms with van der Waals surface area (Å²) in [5, 5.41) is 5.07. The molecule has 2 aliphatic rings. The Balaban J connectivity index is 1.37. The molecule has 2 heterocycles. The quantitative estimate of drug-likeness (QED) is 0.419. The van der Waals surface area contributed by atoms with Crippen LogP contribution in [0.25, 0.3) is 11.0 Å². The zero-order valence-corrected chi connectivity index (χ0v) is 21.9. The Morgan fingerprint density at radius 2 is 1.88 bits per heavy atom. The summed E-state index contributed by atoms with van der Waals surface area (Å²) in [7, 11) is -1.78. The Morgan fingerprint density at radius 3 is 2.67 bits per heavy atom. The van der Waals surface area contributed by atoms with Crippen molar-refractivity contribution in [2.75, 3.05) is 5.32 Å². The van der Waals surface area contributed by atoms with E-state index >= 15 is 0 Å². The van der Waals surface area contributed by atoms with Crippen LogP contribution < -0.4 is 5.32 Å². The summed E-state index contributed by atoms with van der Waals surface area (Å²) < 4.78 is 9.21. The molecule has 2 aromatic heterocycles. The van der Waals surface area contributed by atoms with Crippen molar-refractivity contribution < 1.29 is 4.43 Å². The molecule has 5 nitrogen and oxygen atoms in total. The van der Waals surface area contributed by atoms with Gasteiger partial charge in [-0.1, -0.05) is 52.0 Å². The van der Waals surface area contributed by atoms with E-state index < -0.39 is 8.32 Å². The van der Waals surface area contributed by atoms with Gasteiger partial charge in [0.25, 0.3) is 0 Å². The molecule has 3 aromatic rings. The number of rotatable bonds is 5. The summed E-state index contributed by atoms with van der Waals surface area (Å²) in [6.07, 6.45) is 8.66. The lowest BCUT2D eigenvalue weighted by Crippen LogP contribution is -2.44. The number of nitrogens with zero attached hydrogens (tertiary/aromatic N) is 3. The van der Waals surface area contributed by atoms with Crippen molar-refractivity contribution in [3.05, 3.63) is 54.0 Å². The van der Waals surface area contributed by atoms with Gasteiger partial charge < -0.3 is 14.3 Å². The molecular formula is C27H38N4OSi. The Bertz CT molecular complexity index is 1150. The lowest BCUT2D eigenvalue weighted by atomic mass is 10.1. The molecule has 6 heteroatoms. The molecule has 176 valence electrons. The molecule has 0 saturated heterocycles. The molecule has 1 N–H and O–H groups in total. The van der Waals surface area contributed by atoms with Crippen LogP contribution in [-0.2, 0) is 10.8 Å². The van der Waals surface area contributed by atoms with Gasteiger partial charge in [-0.25, -0.2) is 9.97 Å². The fourth-order valence-corrected chi connectivity index (χ4v) is 6.82. The molecule has 0 radical (unpaired) electrons. The molecule has 5 rings (SSSR count). The molecular weight excluding hydrogens is 424 g/mol. The van der Waals surface area contributed by atoms with Gasteiger partial charge in [0.1, 0.15) is 17.8 Å². The molecule has 33 heavy (non-hydrogen) atoms. The Labute approximate surface area is 199 Å². The Morgan fingerprint density at radius 1 is 1.09 bits per heavy atom. The topological polar surface area (TPSA) is 52.0 Å². The van der Waals surface area contributed by atoms with E-state index in [0.29, 0.717) is 24.1 Å². The molecule has 0 unspecified atom stereocenters. The van der Waals surface area contributed by atoms with Crippen LogP contribution in [0.1, 0.15) is 70.2 Å². The first-order valence-electron chi connectivity index (χ1n) is 12.5. The largest absolute Gasteiger partial charge is 0.414 e. The van der Waals surface area contributed by atoms with E-state index in [-0.39, 0.29) is 5.04 Å². The summed E-state index contributed by atoms with van der Waals surface area (Å²) in [5.41, 5.74) is 3.88. The number of hydrogen-bond acceptors (Lipinski definition) is 4. The second kappa shape index (κ2) is 8.24. The van der Waals surface area contributed by atoms with Gasteiger partial charge in [0.05, 0.1) is 11.4 Å². The van der Waals surface area contributed by atoms with E-state index in [2.05, 4.69) is 92.2 Å². The number of fused-ring (bicyclic) bond motifs is 2. The minimum absolute atomic E-state index is 0.234. The monoisotopic (exact) mass is 462 g/mol. The number of benzene rings is 1. The molecule has 1 aromatic carbocycles. The van der Waals surface area contributed by atoms with Crippen LogP contribution in [-0.4, -0.2) is 29.0 Å². The average molecular weight is 463 g/mol. The molecule has 0 amide bonds. The predicted molar refractivity (Wildman–Crippen MR) is 138 cm³/mol. The van der Waals surface area contributed by atoms with Crippen molar-refractivity contribution in [2.45, 2.75) is 89.7 Å². The standard InChI is InChI=1S/C27H38N4OSi/c1-18-15-20(16-24(18)32-33(5,6)27(2,3)4)31-14-13-22-25(28-17-29-26(22)31)30-23-12-11-19-9-7-8-10-21(19)23/h7-10,13-14,17-18,20,23-24H,11-12,15-16H2,1-6H3,(H,28,29,30)/t18-,20+,23-,24+/m0/s1. The van der Waals surface area contributed by atoms with Crippen LogP contribution in [0.3, 0.4) is 0 Å². The fraction of sp³-hybridized carbons (Fsp3) is 0.556. The molecule has 4 atom stereocenters. The number of hydrogen-bond donors (Lipinski definition) is 1. The second-order valence-electron chi connectivity index (χ2n) is 11.6. The highest BCUT2D eigenvalue weighted by molar-refractivity contribution is 6.74. The van der Waals surface area contributed by atoms with Crippen LogP contribution in [0.5, 0.6) is 0 Å². The van der Waals surface area contributed by atoms with E-state index in [9.17, 15) is 0 Å². The number of aryl methyl sites for hydroxylation is 1. The summed E-state index contributed by atoms with van der Waals surface area (Å²) >= 11 is 0.